The topological polar surface area (TPSA) is 61.0 Å². The molecule has 1 amide bonds. The van der Waals surface area contributed by atoms with E-state index in [-0.39, 0.29) is 11.8 Å². The summed E-state index contributed by atoms with van der Waals surface area (Å²) < 4.78 is 0.737. The lowest BCUT2D eigenvalue weighted by Crippen LogP contribution is -2.23. The minimum absolute atomic E-state index is 0.211. The van der Waals surface area contributed by atoms with Gasteiger partial charge in [-0.25, -0.2) is 0 Å². The molecular weight excluding hydrogens is 380 g/mol. The maximum Gasteiger partial charge on any atom is 0.277 e. The largest absolute Gasteiger partial charge is 0.372 e. The van der Waals surface area contributed by atoms with E-state index >= 15 is 0 Å². The van der Waals surface area contributed by atoms with E-state index in [9.17, 15) is 4.79 Å². The molecule has 0 aliphatic carbocycles. The lowest BCUT2D eigenvalue weighted by Gasteiger charge is -2.22. The number of carbonyl (C=O) groups excluding carboxylic acids is 1. The molecule has 2 N–H and O–H groups in total. The van der Waals surface area contributed by atoms with Crippen molar-refractivity contribution in [2.75, 3.05) is 23.3 Å². The molecule has 2 aromatic rings. The van der Waals surface area contributed by atoms with Crippen LogP contribution in [0.4, 0.5) is 11.4 Å². The molecule has 1 aromatic heterocycles. The fourth-order valence-electron chi connectivity index (χ4n) is 3.15. The highest BCUT2D eigenvalue weighted by molar-refractivity contribution is 9.10. The van der Waals surface area contributed by atoms with Gasteiger partial charge in [0.25, 0.3) is 5.91 Å². The number of H-pyrrole nitrogens is 1. The number of aromatic amines is 1. The van der Waals surface area contributed by atoms with Gasteiger partial charge in [-0.05, 0) is 59.0 Å². The molecule has 0 saturated carbocycles. The molecule has 134 valence electrons. The van der Waals surface area contributed by atoms with Gasteiger partial charge in [-0.1, -0.05) is 26.7 Å². The Labute approximate surface area is 157 Å². The number of halogens is 1. The van der Waals surface area contributed by atoms with Crippen LogP contribution in [0.1, 0.15) is 61.6 Å². The summed E-state index contributed by atoms with van der Waals surface area (Å²) in [7, 11) is 0. The standard InChI is InChI=1S/C19H25BrN4O/c1-13(2)17-16(20)18(23-22-17)19(25)21-14-7-9-15(10-8-14)24-11-5-3-4-6-12-24/h7-10,13H,3-6,11-12H2,1-2H3,(H,21,25)(H,22,23). The molecule has 3 rings (SSSR count). The summed E-state index contributed by atoms with van der Waals surface area (Å²) in [6, 6.07) is 8.09. The van der Waals surface area contributed by atoms with Crippen LogP contribution in [0.3, 0.4) is 0 Å². The van der Waals surface area contributed by atoms with E-state index in [4.69, 9.17) is 0 Å². The molecule has 0 atom stereocenters. The summed E-state index contributed by atoms with van der Waals surface area (Å²) in [6.07, 6.45) is 5.15. The molecule has 0 bridgehead atoms. The van der Waals surface area contributed by atoms with Crippen LogP contribution >= 0.6 is 15.9 Å². The lowest BCUT2D eigenvalue weighted by molar-refractivity contribution is 0.102. The Morgan fingerprint density at radius 3 is 2.36 bits per heavy atom. The number of benzene rings is 1. The maximum atomic E-state index is 12.5. The van der Waals surface area contributed by atoms with Gasteiger partial charge in [0.1, 0.15) is 0 Å². The quantitative estimate of drug-likeness (QED) is 0.759. The third-order valence-electron chi connectivity index (χ3n) is 4.62. The summed E-state index contributed by atoms with van der Waals surface area (Å²) in [5, 5.41) is 10.00. The number of carbonyl (C=O) groups is 1. The van der Waals surface area contributed by atoms with Gasteiger partial charge in [-0.2, -0.15) is 5.10 Å². The Hall–Kier alpha value is -1.82. The molecule has 6 heteroatoms. The molecule has 1 saturated heterocycles. The summed E-state index contributed by atoms with van der Waals surface area (Å²) in [6.45, 7) is 6.34. The van der Waals surface area contributed by atoms with E-state index in [1.807, 2.05) is 12.1 Å². The number of amides is 1. The van der Waals surface area contributed by atoms with Crippen LogP contribution in [0.5, 0.6) is 0 Å². The van der Waals surface area contributed by atoms with Gasteiger partial charge in [-0.15, -0.1) is 0 Å². The van der Waals surface area contributed by atoms with E-state index in [1.54, 1.807) is 0 Å². The molecule has 1 aliphatic heterocycles. The Morgan fingerprint density at radius 1 is 1.16 bits per heavy atom. The van der Waals surface area contributed by atoms with Crippen molar-refractivity contribution < 1.29 is 4.79 Å². The number of nitrogens with zero attached hydrogens (tertiary/aromatic N) is 2. The van der Waals surface area contributed by atoms with Gasteiger partial charge in [0.15, 0.2) is 5.69 Å². The van der Waals surface area contributed by atoms with Crippen molar-refractivity contribution >= 4 is 33.2 Å². The first-order valence-corrected chi connectivity index (χ1v) is 9.75. The van der Waals surface area contributed by atoms with Crippen molar-refractivity contribution in [2.24, 2.45) is 0 Å². The van der Waals surface area contributed by atoms with Crippen molar-refractivity contribution in [1.82, 2.24) is 10.2 Å². The predicted octanol–water partition coefficient (Wildman–Crippen LogP) is 4.93. The van der Waals surface area contributed by atoms with Crippen LogP contribution < -0.4 is 10.2 Å². The lowest BCUT2D eigenvalue weighted by atomic mass is 10.1. The van der Waals surface area contributed by atoms with E-state index in [0.717, 1.165) is 28.9 Å². The van der Waals surface area contributed by atoms with Crippen molar-refractivity contribution in [3.8, 4) is 0 Å². The number of aromatic nitrogens is 2. The molecule has 1 fully saturated rings. The van der Waals surface area contributed by atoms with Gasteiger partial charge < -0.3 is 10.2 Å². The van der Waals surface area contributed by atoms with Crippen LogP contribution in [0.25, 0.3) is 0 Å². The summed E-state index contributed by atoms with van der Waals surface area (Å²) in [4.78, 5) is 14.9. The van der Waals surface area contributed by atoms with E-state index in [0.29, 0.717) is 5.69 Å². The zero-order valence-corrected chi connectivity index (χ0v) is 16.4. The van der Waals surface area contributed by atoms with E-state index in [1.165, 1.54) is 31.4 Å². The number of hydrogen-bond acceptors (Lipinski definition) is 3. The molecule has 25 heavy (non-hydrogen) atoms. The highest BCUT2D eigenvalue weighted by atomic mass is 79.9. The third-order valence-corrected chi connectivity index (χ3v) is 5.42. The minimum atomic E-state index is -0.211. The average Bonchev–Trinajstić information content (AvgIpc) is 2.81. The Bertz CT molecular complexity index is 716. The molecule has 1 aliphatic rings. The van der Waals surface area contributed by atoms with E-state index < -0.39 is 0 Å². The monoisotopic (exact) mass is 404 g/mol. The first-order valence-electron chi connectivity index (χ1n) is 8.96. The number of hydrogen-bond donors (Lipinski definition) is 2. The predicted molar refractivity (Wildman–Crippen MR) is 105 cm³/mol. The SMILES string of the molecule is CC(C)c1[nH]nc(C(=O)Nc2ccc(N3CCCCCC3)cc2)c1Br. The molecular formula is C19H25BrN4O. The molecule has 2 heterocycles. The Balaban J connectivity index is 1.67. The van der Waals surface area contributed by atoms with Crippen molar-refractivity contribution in [2.45, 2.75) is 45.4 Å². The van der Waals surface area contributed by atoms with Crippen LogP contribution in [0.2, 0.25) is 0 Å². The highest BCUT2D eigenvalue weighted by Crippen LogP contribution is 2.27. The van der Waals surface area contributed by atoms with Crippen LogP contribution in [-0.4, -0.2) is 29.2 Å². The zero-order valence-electron chi connectivity index (χ0n) is 14.8. The number of anilines is 2. The maximum absolute atomic E-state index is 12.5. The minimum Gasteiger partial charge on any atom is -0.372 e. The second-order valence-corrected chi connectivity index (χ2v) is 7.65. The molecule has 0 radical (unpaired) electrons. The zero-order chi connectivity index (χ0) is 17.8. The normalized spacial score (nSPS) is 15.3. The smallest absolute Gasteiger partial charge is 0.277 e. The summed E-state index contributed by atoms with van der Waals surface area (Å²) >= 11 is 3.48. The molecule has 0 spiro atoms. The fourth-order valence-corrected chi connectivity index (χ4v) is 3.96. The highest BCUT2D eigenvalue weighted by Gasteiger charge is 2.19. The first kappa shape index (κ1) is 18.0. The van der Waals surface area contributed by atoms with E-state index in [2.05, 4.69) is 62.3 Å². The third kappa shape index (κ3) is 4.24. The molecule has 0 unspecified atom stereocenters. The number of rotatable bonds is 4. The van der Waals surface area contributed by atoms with Crippen molar-refractivity contribution in [3.63, 3.8) is 0 Å². The number of nitrogens with one attached hydrogen (secondary N) is 2. The average molecular weight is 405 g/mol. The molecule has 5 nitrogen and oxygen atoms in total. The summed E-state index contributed by atoms with van der Waals surface area (Å²) in [5.74, 6) is 0.0638. The van der Waals surface area contributed by atoms with Crippen LogP contribution in [0, 0.1) is 0 Å². The van der Waals surface area contributed by atoms with Crippen molar-refractivity contribution in [3.05, 3.63) is 40.1 Å². The fraction of sp³-hybridized carbons (Fsp3) is 0.474. The van der Waals surface area contributed by atoms with Gasteiger partial charge in [0.2, 0.25) is 0 Å². The van der Waals surface area contributed by atoms with Crippen LogP contribution in [0.15, 0.2) is 28.7 Å². The van der Waals surface area contributed by atoms with Gasteiger partial charge in [-0.3, -0.25) is 9.89 Å². The second-order valence-electron chi connectivity index (χ2n) is 6.86. The first-order chi connectivity index (χ1) is 12.1. The Kier molecular flexibility index (Phi) is 5.78. The van der Waals surface area contributed by atoms with Crippen molar-refractivity contribution in [1.29, 1.82) is 0 Å². The van der Waals surface area contributed by atoms with Gasteiger partial charge in [0.05, 0.1) is 10.2 Å². The summed E-state index contributed by atoms with van der Waals surface area (Å²) in [5.41, 5.74) is 3.33. The molecule has 1 aromatic carbocycles. The van der Waals surface area contributed by atoms with Gasteiger partial charge >= 0.3 is 0 Å². The second kappa shape index (κ2) is 8.04. The Morgan fingerprint density at radius 2 is 1.80 bits per heavy atom. The van der Waals surface area contributed by atoms with Gasteiger partial charge in [0, 0.05) is 24.5 Å². The van der Waals surface area contributed by atoms with Crippen LogP contribution in [-0.2, 0) is 0 Å².